The first-order valence-electron chi connectivity index (χ1n) is 6.86. The molecule has 2 amide bonds. The molecule has 2 N–H and O–H groups in total. The van der Waals surface area contributed by atoms with Crippen molar-refractivity contribution in [2.24, 2.45) is 7.05 Å². The lowest BCUT2D eigenvalue weighted by Crippen LogP contribution is -2.45. The van der Waals surface area contributed by atoms with Gasteiger partial charge in [-0.25, -0.2) is 0 Å². The number of aromatic nitrogens is 1. The van der Waals surface area contributed by atoms with Gasteiger partial charge in [0.2, 0.25) is 5.91 Å². The maximum Gasteiger partial charge on any atom is 0.253 e. The van der Waals surface area contributed by atoms with Crippen LogP contribution < -0.4 is 10.6 Å². The van der Waals surface area contributed by atoms with E-state index in [1.807, 2.05) is 30.8 Å². The smallest absolute Gasteiger partial charge is 0.253 e. The van der Waals surface area contributed by atoms with Crippen LogP contribution in [0.2, 0.25) is 0 Å². The van der Waals surface area contributed by atoms with Gasteiger partial charge in [0.05, 0.1) is 5.56 Å². The van der Waals surface area contributed by atoms with Crippen LogP contribution in [0.25, 0.3) is 0 Å². The van der Waals surface area contributed by atoms with Crippen LogP contribution in [0.15, 0.2) is 12.3 Å². The minimum absolute atomic E-state index is 0.0696. The Hall–Kier alpha value is -1.78. The van der Waals surface area contributed by atoms with Gasteiger partial charge in [0.1, 0.15) is 6.04 Å². The van der Waals surface area contributed by atoms with Crippen LogP contribution in [0, 0.1) is 0 Å². The highest BCUT2D eigenvalue weighted by Gasteiger charge is 2.24. The third-order valence-corrected chi connectivity index (χ3v) is 3.62. The Kier molecular flexibility index (Phi) is 4.24. The average Bonchev–Trinajstić information content (AvgIpc) is 2.65. The molecule has 1 aliphatic heterocycles. The average molecular weight is 263 g/mol. The zero-order chi connectivity index (χ0) is 13.8. The molecule has 1 saturated heterocycles. The van der Waals surface area contributed by atoms with E-state index < -0.39 is 6.04 Å². The highest BCUT2D eigenvalue weighted by atomic mass is 16.2. The number of hydrogen-bond acceptors (Lipinski definition) is 2. The standard InChI is InChI=1S/C14H21N3O2/c1-3-12-10(7-9-17(12)2)13(18)16-11-6-4-5-8-15-14(11)19/h7,9,11H,3-6,8H2,1-2H3,(H,15,19)(H,16,18). The Morgan fingerprint density at radius 3 is 3.05 bits per heavy atom. The van der Waals surface area contributed by atoms with Crippen molar-refractivity contribution < 1.29 is 9.59 Å². The number of nitrogens with zero attached hydrogens (tertiary/aromatic N) is 1. The second-order valence-corrected chi connectivity index (χ2v) is 4.95. The van der Waals surface area contributed by atoms with Gasteiger partial charge >= 0.3 is 0 Å². The molecule has 0 bridgehead atoms. The first kappa shape index (κ1) is 13.6. The Morgan fingerprint density at radius 2 is 2.32 bits per heavy atom. The zero-order valence-corrected chi connectivity index (χ0v) is 11.5. The second-order valence-electron chi connectivity index (χ2n) is 4.95. The second kappa shape index (κ2) is 5.91. The molecule has 0 saturated carbocycles. The normalized spacial score (nSPS) is 19.7. The van der Waals surface area contributed by atoms with Crippen LogP contribution >= 0.6 is 0 Å². The van der Waals surface area contributed by atoms with Gasteiger partial charge in [-0.15, -0.1) is 0 Å². The van der Waals surface area contributed by atoms with Gasteiger partial charge in [-0.05, 0) is 31.7 Å². The molecule has 0 radical (unpaired) electrons. The van der Waals surface area contributed by atoms with Gasteiger partial charge < -0.3 is 15.2 Å². The molecule has 1 aromatic heterocycles. The molecule has 5 nitrogen and oxygen atoms in total. The highest BCUT2D eigenvalue weighted by molar-refractivity contribution is 5.98. The molecule has 1 aromatic rings. The molecule has 1 unspecified atom stereocenters. The fourth-order valence-corrected chi connectivity index (χ4v) is 2.52. The largest absolute Gasteiger partial charge is 0.354 e. The number of hydrogen-bond donors (Lipinski definition) is 2. The van der Waals surface area contributed by atoms with E-state index in [0.717, 1.165) is 25.0 Å². The van der Waals surface area contributed by atoms with Crippen molar-refractivity contribution in [3.63, 3.8) is 0 Å². The molecule has 19 heavy (non-hydrogen) atoms. The van der Waals surface area contributed by atoms with Crippen LogP contribution in [0.1, 0.15) is 42.2 Å². The molecule has 1 aliphatic rings. The van der Waals surface area contributed by atoms with Gasteiger partial charge in [0.25, 0.3) is 5.91 Å². The Balaban J connectivity index is 2.09. The number of nitrogens with one attached hydrogen (secondary N) is 2. The summed E-state index contributed by atoms with van der Waals surface area (Å²) >= 11 is 0. The highest BCUT2D eigenvalue weighted by Crippen LogP contribution is 2.12. The van der Waals surface area contributed by atoms with E-state index >= 15 is 0 Å². The zero-order valence-electron chi connectivity index (χ0n) is 11.5. The Morgan fingerprint density at radius 1 is 1.53 bits per heavy atom. The summed E-state index contributed by atoms with van der Waals surface area (Å²) in [5.74, 6) is -0.223. The third-order valence-electron chi connectivity index (χ3n) is 3.62. The fraction of sp³-hybridized carbons (Fsp3) is 0.571. The summed E-state index contributed by atoms with van der Waals surface area (Å²) in [6.45, 7) is 2.72. The van der Waals surface area contributed by atoms with Crippen molar-refractivity contribution in [3.05, 3.63) is 23.5 Å². The van der Waals surface area contributed by atoms with Crippen molar-refractivity contribution in [1.29, 1.82) is 0 Å². The summed E-state index contributed by atoms with van der Waals surface area (Å²) in [4.78, 5) is 24.1. The summed E-state index contributed by atoms with van der Waals surface area (Å²) in [6.07, 6.45) is 5.32. The minimum atomic E-state index is -0.403. The Labute approximate surface area is 113 Å². The van der Waals surface area contributed by atoms with E-state index in [0.29, 0.717) is 18.5 Å². The molecule has 104 valence electrons. The van der Waals surface area contributed by atoms with E-state index in [9.17, 15) is 9.59 Å². The van der Waals surface area contributed by atoms with E-state index in [1.165, 1.54) is 0 Å². The molecule has 0 spiro atoms. The molecule has 2 rings (SSSR count). The fourth-order valence-electron chi connectivity index (χ4n) is 2.52. The molecule has 0 aliphatic carbocycles. The SMILES string of the molecule is CCc1c(C(=O)NC2CCCCNC2=O)ccn1C. The van der Waals surface area contributed by atoms with Gasteiger partial charge in [-0.2, -0.15) is 0 Å². The summed E-state index contributed by atoms with van der Waals surface area (Å²) in [5, 5.41) is 5.68. The summed E-state index contributed by atoms with van der Waals surface area (Å²) in [5.41, 5.74) is 1.66. The van der Waals surface area contributed by atoms with Crippen LogP contribution in [-0.2, 0) is 18.3 Å². The lowest BCUT2D eigenvalue weighted by atomic mass is 10.1. The van der Waals surface area contributed by atoms with Gasteiger partial charge in [0.15, 0.2) is 0 Å². The molecule has 1 fully saturated rings. The lowest BCUT2D eigenvalue weighted by Gasteiger charge is -2.15. The van der Waals surface area contributed by atoms with Crippen LogP contribution in [-0.4, -0.2) is 29.0 Å². The summed E-state index contributed by atoms with van der Waals surface area (Å²) in [7, 11) is 1.92. The first-order valence-corrected chi connectivity index (χ1v) is 6.86. The lowest BCUT2D eigenvalue weighted by molar-refractivity contribution is -0.122. The summed E-state index contributed by atoms with van der Waals surface area (Å²) in [6, 6.07) is 1.41. The first-order chi connectivity index (χ1) is 9.13. The van der Waals surface area contributed by atoms with Crippen LogP contribution in [0.5, 0.6) is 0 Å². The maximum absolute atomic E-state index is 12.3. The quantitative estimate of drug-likeness (QED) is 0.854. The predicted molar refractivity (Wildman–Crippen MR) is 72.9 cm³/mol. The topological polar surface area (TPSA) is 63.1 Å². The van der Waals surface area contributed by atoms with Crippen LogP contribution in [0.4, 0.5) is 0 Å². The van der Waals surface area contributed by atoms with Crippen molar-refractivity contribution in [2.45, 2.75) is 38.6 Å². The van der Waals surface area contributed by atoms with Gasteiger partial charge in [-0.1, -0.05) is 6.92 Å². The molecular weight excluding hydrogens is 242 g/mol. The third kappa shape index (κ3) is 2.97. The Bertz CT molecular complexity index is 479. The molecule has 1 atom stereocenters. The molecule has 5 heteroatoms. The number of amides is 2. The van der Waals surface area contributed by atoms with Crippen molar-refractivity contribution in [3.8, 4) is 0 Å². The van der Waals surface area contributed by atoms with Gasteiger partial charge in [0, 0.05) is 25.5 Å². The predicted octanol–water partition coefficient (Wildman–Crippen LogP) is 0.986. The molecule has 2 heterocycles. The van der Waals surface area contributed by atoms with E-state index in [1.54, 1.807) is 0 Å². The van der Waals surface area contributed by atoms with E-state index in [4.69, 9.17) is 0 Å². The molecule has 0 aromatic carbocycles. The summed E-state index contributed by atoms with van der Waals surface area (Å²) < 4.78 is 1.95. The van der Waals surface area contributed by atoms with Gasteiger partial charge in [-0.3, -0.25) is 9.59 Å². The number of carbonyl (C=O) groups is 2. The van der Waals surface area contributed by atoms with E-state index in [2.05, 4.69) is 10.6 Å². The molecular formula is C14H21N3O2. The maximum atomic E-state index is 12.3. The van der Waals surface area contributed by atoms with Crippen molar-refractivity contribution in [2.75, 3.05) is 6.54 Å². The number of rotatable bonds is 3. The minimum Gasteiger partial charge on any atom is -0.354 e. The number of aryl methyl sites for hydroxylation is 1. The van der Waals surface area contributed by atoms with Crippen molar-refractivity contribution in [1.82, 2.24) is 15.2 Å². The van der Waals surface area contributed by atoms with Crippen molar-refractivity contribution >= 4 is 11.8 Å². The number of carbonyl (C=O) groups excluding carboxylic acids is 2. The monoisotopic (exact) mass is 263 g/mol. The van der Waals surface area contributed by atoms with Crippen LogP contribution in [0.3, 0.4) is 0 Å². The van der Waals surface area contributed by atoms with E-state index in [-0.39, 0.29) is 11.8 Å².